The fraction of sp³-hybridized carbons (Fsp3) is 0.370. The number of halogens is 6. The second kappa shape index (κ2) is 14.2. The molecule has 0 radical (unpaired) electrons. The first-order valence-electron chi connectivity index (χ1n) is 13.1. The molecule has 0 bridgehead atoms. The summed E-state index contributed by atoms with van der Waals surface area (Å²) in [6.45, 7) is 5.63. The summed E-state index contributed by atoms with van der Waals surface area (Å²) in [5.74, 6) is -5.06. The fourth-order valence-corrected chi connectivity index (χ4v) is 4.24. The number of nitrogens with zero attached hydrogens (tertiary/aromatic N) is 6. The van der Waals surface area contributed by atoms with E-state index in [1.165, 1.54) is 6.20 Å². The molecule has 1 aliphatic heterocycles. The van der Waals surface area contributed by atoms with Crippen molar-refractivity contribution in [2.75, 3.05) is 13.1 Å². The van der Waals surface area contributed by atoms with E-state index in [2.05, 4.69) is 39.6 Å². The second-order valence-corrected chi connectivity index (χ2v) is 9.80. The SMILES string of the molecule is CC(C)n1cnc2c(-c3cccnc3)nc(C3CCN(C(=O)c4ccno4)CC3)cc21.O=C(O)C(F)(F)F.O=C(O)C(F)(F)F. The molecule has 0 aromatic carbocycles. The lowest BCUT2D eigenvalue weighted by Crippen LogP contribution is -2.37. The van der Waals surface area contributed by atoms with Crippen molar-refractivity contribution in [2.45, 2.75) is 51.0 Å². The van der Waals surface area contributed by atoms with E-state index in [1.807, 2.05) is 29.6 Å². The van der Waals surface area contributed by atoms with Crippen LogP contribution in [0.3, 0.4) is 0 Å². The lowest BCUT2D eigenvalue weighted by molar-refractivity contribution is -0.193. The topological polar surface area (TPSA) is 165 Å². The highest BCUT2D eigenvalue weighted by Crippen LogP contribution is 2.34. The van der Waals surface area contributed by atoms with Gasteiger partial charge in [0, 0.05) is 54.8 Å². The van der Waals surface area contributed by atoms with E-state index < -0.39 is 24.3 Å². The first-order valence-corrected chi connectivity index (χ1v) is 13.1. The van der Waals surface area contributed by atoms with Crippen molar-refractivity contribution in [1.29, 1.82) is 0 Å². The molecule has 1 aliphatic rings. The summed E-state index contributed by atoms with van der Waals surface area (Å²) in [7, 11) is 0. The molecule has 0 saturated carbocycles. The number of carbonyl (C=O) groups excluding carboxylic acids is 1. The van der Waals surface area contributed by atoms with E-state index in [0.29, 0.717) is 19.1 Å². The van der Waals surface area contributed by atoms with E-state index >= 15 is 0 Å². The third kappa shape index (κ3) is 8.99. The van der Waals surface area contributed by atoms with Gasteiger partial charge < -0.3 is 24.2 Å². The standard InChI is InChI=1S/C23H24N6O2.2C2HF3O2/c1-15(2)29-14-25-22-19(29)12-18(27-21(22)17-4-3-8-24-13-17)16-6-10-28(11-7-16)23(30)20-5-9-26-31-20;2*3-2(4,5)1(6)7/h3-5,8-9,12-16H,6-7,10-11H2,1-2H3;2*(H,6,7). The molecule has 4 aromatic rings. The molecule has 0 atom stereocenters. The monoisotopic (exact) mass is 644 g/mol. The Kier molecular flexibility index (Phi) is 10.9. The highest BCUT2D eigenvalue weighted by Gasteiger charge is 2.39. The number of amides is 1. The number of hydrogen-bond donors (Lipinski definition) is 2. The molecule has 1 fully saturated rings. The van der Waals surface area contributed by atoms with Crippen LogP contribution in [0.25, 0.3) is 22.3 Å². The fourth-order valence-electron chi connectivity index (χ4n) is 4.24. The lowest BCUT2D eigenvalue weighted by atomic mass is 9.92. The Morgan fingerprint density at radius 1 is 0.978 bits per heavy atom. The van der Waals surface area contributed by atoms with Crippen LogP contribution in [0.15, 0.2) is 53.7 Å². The maximum atomic E-state index is 12.6. The average molecular weight is 645 g/mol. The number of piperidine rings is 1. The van der Waals surface area contributed by atoms with Gasteiger partial charge in [-0.2, -0.15) is 26.3 Å². The van der Waals surface area contributed by atoms with Crippen molar-refractivity contribution in [3.8, 4) is 11.3 Å². The Hall–Kier alpha value is -5.03. The van der Waals surface area contributed by atoms with Crippen LogP contribution in [0.1, 0.15) is 54.9 Å². The quantitative estimate of drug-likeness (QED) is 0.277. The summed E-state index contributed by atoms with van der Waals surface area (Å²) in [5, 5.41) is 17.9. The van der Waals surface area contributed by atoms with Gasteiger partial charge in [-0.3, -0.25) is 14.8 Å². The number of rotatable bonds is 4. The van der Waals surface area contributed by atoms with Gasteiger partial charge in [-0.15, -0.1) is 0 Å². The van der Waals surface area contributed by atoms with Gasteiger partial charge in [0.2, 0.25) is 5.76 Å². The molecular weight excluding hydrogens is 618 g/mol. The molecule has 5 heterocycles. The number of imidazole rings is 1. The number of carboxylic acids is 2. The van der Waals surface area contributed by atoms with E-state index in [4.69, 9.17) is 29.3 Å². The molecule has 2 N–H and O–H groups in total. The predicted octanol–water partition coefficient (Wildman–Crippen LogP) is 5.35. The average Bonchev–Trinajstić information content (AvgIpc) is 3.67. The summed E-state index contributed by atoms with van der Waals surface area (Å²) in [4.78, 5) is 46.2. The Balaban J connectivity index is 0.000000331. The number of alkyl halides is 6. The zero-order valence-corrected chi connectivity index (χ0v) is 23.6. The molecule has 1 amide bonds. The number of aliphatic carboxylic acids is 2. The van der Waals surface area contributed by atoms with Gasteiger partial charge in [0.1, 0.15) is 5.52 Å². The van der Waals surface area contributed by atoms with Gasteiger partial charge in [-0.1, -0.05) is 5.16 Å². The Morgan fingerprint density at radius 2 is 1.58 bits per heavy atom. The first kappa shape index (κ1) is 34.5. The summed E-state index contributed by atoms with van der Waals surface area (Å²) >= 11 is 0. The van der Waals surface area contributed by atoms with Crippen LogP contribution >= 0.6 is 0 Å². The van der Waals surface area contributed by atoms with Gasteiger partial charge in [0.25, 0.3) is 5.91 Å². The number of pyridine rings is 2. The maximum Gasteiger partial charge on any atom is 0.490 e. The molecule has 242 valence electrons. The normalized spacial score (nSPS) is 13.9. The third-order valence-corrected chi connectivity index (χ3v) is 6.41. The van der Waals surface area contributed by atoms with Crippen LogP contribution in [0.4, 0.5) is 26.3 Å². The molecule has 45 heavy (non-hydrogen) atoms. The molecule has 5 rings (SSSR count). The molecule has 0 spiro atoms. The zero-order chi connectivity index (χ0) is 33.5. The lowest BCUT2D eigenvalue weighted by Gasteiger charge is -2.31. The van der Waals surface area contributed by atoms with Crippen molar-refractivity contribution in [1.82, 2.24) is 29.6 Å². The number of carboxylic acid groups (broad SMARTS) is 2. The smallest absolute Gasteiger partial charge is 0.475 e. The zero-order valence-electron chi connectivity index (χ0n) is 23.6. The summed E-state index contributed by atoms with van der Waals surface area (Å²) in [5.41, 5.74) is 4.84. The number of aromatic nitrogens is 5. The Morgan fingerprint density at radius 3 is 2.04 bits per heavy atom. The second-order valence-electron chi connectivity index (χ2n) is 9.80. The van der Waals surface area contributed by atoms with Crippen molar-refractivity contribution in [3.63, 3.8) is 0 Å². The van der Waals surface area contributed by atoms with Crippen molar-refractivity contribution in [3.05, 3.63) is 60.6 Å². The van der Waals surface area contributed by atoms with E-state index in [9.17, 15) is 31.1 Å². The van der Waals surface area contributed by atoms with Crippen LogP contribution < -0.4 is 0 Å². The van der Waals surface area contributed by atoms with Gasteiger partial charge in [-0.25, -0.2) is 14.6 Å². The Bertz CT molecular complexity index is 1570. The largest absolute Gasteiger partial charge is 0.490 e. The van der Waals surface area contributed by atoms with Crippen LogP contribution in [-0.2, 0) is 9.59 Å². The highest BCUT2D eigenvalue weighted by atomic mass is 19.4. The molecule has 4 aromatic heterocycles. The number of carbonyl (C=O) groups is 3. The number of hydrogen-bond acceptors (Lipinski definition) is 8. The summed E-state index contributed by atoms with van der Waals surface area (Å²) in [6, 6.07) is 8.01. The minimum Gasteiger partial charge on any atom is -0.475 e. The van der Waals surface area contributed by atoms with Crippen molar-refractivity contribution < 1.29 is 55.5 Å². The molecule has 0 unspecified atom stereocenters. The van der Waals surface area contributed by atoms with Crippen molar-refractivity contribution in [2.24, 2.45) is 0 Å². The molecule has 1 saturated heterocycles. The van der Waals surface area contributed by atoms with Crippen LogP contribution in [0.5, 0.6) is 0 Å². The predicted molar refractivity (Wildman–Crippen MR) is 143 cm³/mol. The number of fused-ring (bicyclic) bond motifs is 1. The van der Waals surface area contributed by atoms with Gasteiger partial charge in [-0.05, 0) is 44.9 Å². The Labute approximate surface area is 250 Å². The van der Waals surface area contributed by atoms with Crippen molar-refractivity contribution >= 4 is 28.9 Å². The van der Waals surface area contributed by atoms with Crippen LogP contribution in [0, 0.1) is 0 Å². The first-order chi connectivity index (χ1) is 21.0. The summed E-state index contributed by atoms with van der Waals surface area (Å²) in [6.07, 6.45) is -1.49. The van der Waals surface area contributed by atoms with Gasteiger partial charge >= 0.3 is 24.3 Å². The molecule has 12 nitrogen and oxygen atoms in total. The minimum atomic E-state index is -5.08. The van der Waals surface area contributed by atoms with Gasteiger partial charge in [0.15, 0.2) is 0 Å². The van der Waals surface area contributed by atoms with Gasteiger partial charge in [0.05, 0.1) is 23.7 Å². The summed E-state index contributed by atoms with van der Waals surface area (Å²) < 4.78 is 70.7. The molecule has 18 heteroatoms. The molecule has 0 aliphatic carbocycles. The number of likely N-dealkylation sites (tertiary alicyclic amines) is 1. The minimum absolute atomic E-state index is 0.103. The van der Waals surface area contributed by atoms with E-state index in [-0.39, 0.29) is 17.6 Å². The van der Waals surface area contributed by atoms with Crippen LogP contribution in [-0.4, -0.2) is 83.1 Å². The molecular formula is C27H26F6N6O6. The maximum absolute atomic E-state index is 12.6. The highest BCUT2D eigenvalue weighted by molar-refractivity contribution is 5.91. The third-order valence-electron chi connectivity index (χ3n) is 6.41. The van der Waals surface area contributed by atoms with E-state index in [0.717, 1.165) is 40.8 Å². The van der Waals surface area contributed by atoms with E-state index in [1.54, 1.807) is 12.3 Å². The van der Waals surface area contributed by atoms with Crippen LogP contribution in [0.2, 0.25) is 0 Å².